The van der Waals surface area contributed by atoms with Crippen LogP contribution in [0.25, 0.3) is 0 Å². The summed E-state index contributed by atoms with van der Waals surface area (Å²) >= 11 is 6.62. The molecule has 0 aliphatic rings. The number of hydrogen-bond donors (Lipinski definition) is 1. The first-order chi connectivity index (χ1) is 12.1. The van der Waals surface area contributed by atoms with Crippen molar-refractivity contribution in [3.05, 3.63) is 58.1 Å². The Morgan fingerprint density at radius 1 is 1.08 bits per heavy atom. The van der Waals surface area contributed by atoms with Gasteiger partial charge in [0.25, 0.3) is 0 Å². The molecule has 0 saturated carbocycles. The summed E-state index contributed by atoms with van der Waals surface area (Å²) in [5.74, 6) is 1.70. The van der Waals surface area contributed by atoms with Gasteiger partial charge in [-0.1, -0.05) is 45.1 Å². The largest absolute Gasteiger partial charge is 0.493 e. The van der Waals surface area contributed by atoms with Gasteiger partial charge in [-0.15, -0.1) is 10.2 Å². The van der Waals surface area contributed by atoms with Gasteiger partial charge < -0.3 is 10.1 Å². The molecule has 0 spiro atoms. The number of thioether (sulfide) groups is 1. The highest BCUT2D eigenvalue weighted by molar-refractivity contribution is 9.10. The molecule has 0 atom stereocenters. The molecule has 0 unspecified atom stereocenters. The van der Waals surface area contributed by atoms with Crippen molar-refractivity contribution in [2.45, 2.75) is 18.2 Å². The Labute approximate surface area is 164 Å². The number of halogens is 1. The van der Waals surface area contributed by atoms with E-state index >= 15 is 0 Å². The van der Waals surface area contributed by atoms with Crippen molar-refractivity contribution in [2.75, 3.05) is 17.7 Å². The smallest absolute Gasteiger partial charge is 0.210 e. The lowest BCUT2D eigenvalue weighted by atomic mass is 10.1. The predicted octanol–water partition coefficient (Wildman–Crippen LogP) is 5.83. The minimum Gasteiger partial charge on any atom is -0.493 e. The normalized spacial score (nSPS) is 10.7. The van der Waals surface area contributed by atoms with Crippen molar-refractivity contribution in [2.24, 2.45) is 0 Å². The van der Waals surface area contributed by atoms with Gasteiger partial charge in [-0.2, -0.15) is 0 Å². The van der Waals surface area contributed by atoms with Gasteiger partial charge in [0.2, 0.25) is 5.13 Å². The molecule has 25 heavy (non-hydrogen) atoms. The summed E-state index contributed by atoms with van der Waals surface area (Å²) in [6, 6.07) is 14.1. The summed E-state index contributed by atoms with van der Waals surface area (Å²) in [5.41, 5.74) is 3.58. The first kappa shape index (κ1) is 18.2. The summed E-state index contributed by atoms with van der Waals surface area (Å²) in [4.78, 5) is 0. The predicted molar refractivity (Wildman–Crippen MR) is 109 cm³/mol. The molecule has 0 aliphatic carbocycles. The number of nitrogens with one attached hydrogen (secondary N) is 1. The molecule has 1 aromatic heterocycles. The Kier molecular flexibility index (Phi) is 6.34. The summed E-state index contributed by atoms with van der Waals surface area (Å²) in [5, 5.41) is 12.5. The van der Waals surface area contributed by atoms with E-state index in [0.29, 0.717) is 6.61 Å². The fourth-order valence-corrected chi connectivity index (χ4v) is 4.00. The third-order valence-corrected chi connectivity index (χ3v) is 6.02. The second-order valence-electron chi connectivity index (χ2n) is 5.45. The van der Waals surface area contributed by atoms with Crippen LogP contribution >= 0.6 is 39.0 Å². The lowest BCUT2D eigenvalue weighted by Crippen LogP contribution is -1.99. The van der Waals surface area contributed by atoms with E-state index in [1.807, 2.05) is 24.3 Å². The third-order valence-electron chi connectivity index (χ3n) is 3.56. The first-order valence-electron chi connectivity index (χ1n) is 7.79. The zero-order valence-corrected chi connectivity index (χ0v) is 17.2. The van der Waals surface area contributed by atoms with Gasteiger partial charge in [0, 0.05) is 15.9 Å². The molecule has 0 bridgehead atoms. The number of ether oxygens (including phenoxy) is 1. The van der Waals surface area contributed by atoms with Crippen molar-refractivity contribution in [1.82, 2.24) is 10.2 Å². The van der Waals surface area contributed by atoms with Crippen molar-refractivity contribution in [1.29, 1.82) is 0 Å². The molecule has 4 nitrogen and oxygen atoms in total. The fraction of sp³-hybridized carbons (Fsp3) is 0.222. The number of nitrogens with zero attached hydrogens (tertiary/aromatic N) is 2. The van der Waals surface area contributed by atoms with Crippen molar-refractivity contribution >= 4 is 49.8 Å². The Bertz CT molecular complexity index is 837. The molecule has 0 aliphatic heterocycles. The highest BCUT2D eigenvalue weighted by Crippen LogP contribution is 2.28. The molecular formula is C18H18BrN3OS2. The second kappa shape index (κ2) is 8.69. The van der Waals surface area contributed by atoms with Gasteiger partial charge in [0.1, 0.15) is 5.75 Å². The summed E-state index contributed by atoms with van der Waals surface area (Å²) in [6.07, 6.45) is 0. The van der Waals surface area contributed by atoms with E-state index in [1.165, 1.54) is 11.1 Å². The SMILES string of the molecule is Cc1ccc(Nc2nnc(SCCOc3ccc(Br)cc3)s2)cc1C. The maximum atomic E-state index is 5.71. The molecule has 3 rings (SSSR count). The maximum Gasteiger partial charge on any atom is 0.210 e. The van der Waals surface area contributed by atoms with E-state index in [4.69, 9.17) is 4.74 Å². The Balaban J connectivity index is 1.46. The highest BCUT2D eigenvalue weighted by Gasteiger charge is 2.06. The summed E-state index contributed by atoms with van der Waals surface area (Å²) < 4.78 is 7.69. The van der Waals surface area contributed by atoms with E-state index in [1.54, 1.807) is 23.1 Å². The van der Waals surface area contributed by atoms with Gasteiger partial charge in [-0.3, -0.25) is 0 Å². The van der Waals surface area contributed by atoms with Gasteiger partial charge in [0.05, 0.1) is 6.61 Å². The molecule has 1 N–H and O–H groups in total. The van der Waals surface area contributed by atoms with Crippen LogP contribution in [0.2, 0.25) is 0 Å². The topological polar surface area (TPSA) is 47.0 Å². The number of rotatable bonds is 7. The van der Waals surface area contributed by atoms with Crippen LogP contribution in [0.1, 0.15) is 11.1 Å². The van der Waals surface area contributed by atoms with Crippen LogP contribution in [0, 0.1) is 13.8 Å². The second-order valence-corrected chi connectivity index (χ2v) is 8.68. The lowest BCUT2D eigenvalue weighted by Gasteiger charge is -2.05. The molecule has 7 heteroatoms. The monoisotopic (exact) mass is 435 g/mol. The van der Waals surface area contributed by atoms with Gasteiger partial charge in [-0.25, -0.2) is 0 Å². The maximum absolute atomic E-state index is 5.71. The van der Waals surface area contributed by atoms with Crippen LogP contribution in [0.15, 0.2) is 51.3 Å². The van der Waals surface area contributed by atoms with E-state index in [2.05, 4.69) is 63.5 Å². The quantitative estimate of drug-likeness (QED) is 0.373. The van der Waals surface area contributed by atoms with E-state index < -0.39 is 0 Å². The van der Waals surface area contributed by atoms with Crippen LogP contribution in [-0.2, 0) is 0 Å². The van der Waals surface area contributed by atoms with Gasteiger partial charge in [0.15, 0.2) is 4.34 Å². The number of aryl methyl sites for hydroxylation is 2. The molecule has 0 amide bonds. The minimum atomic E-state index is 0.631. The fourth-order valence-electron chi connectivity index (χ4n) is 2.08. The van der Waals surface area contributed by atoms with E-state index in [0.717, 1.165) is 31.1 Å². The van der Waals surface area contributed by atoms with Gasteiger partial charge >= 0.3 is 0 Å². The Hall–Kier alpha value is -1.57. The lowest BCUT2D eigenvalue weighted by molar-refractivity contribution is 0.344. The Morgan fingerprint density at radius 2 is 1.88 bits per heavy atom. The standard InChI is InChI=1S/C18H18BrN3OS2/c1-12-3-6-15(11-13(12)2)20-17-21-22-18(25-17)24-10-9-23-16-7-4-14(19)5-8-16/h3-8,11H,9-10H2,1-2H3,(H,20,21). The van der Waals surface area contributed by atoms with Crippen LogP contribution in [0.3, 0.4) is 0 Å². The zero-order valence-electron chi connectivity index (χ0n) is 14.0. The average molecular weight is 436 g/mol. The van der Waals surface area contributed by atoms with Crippen LogP contribution in [-0.4, -0.2) is 22.6 Å². The molecule has 1 heterocycles. The van der Waals surface area contributed by atoms with Crippen molar-refractivity contribution < 1.29 is 4.74 Å². The molecule has 0 fully saturated rings. The molecule has 130 valence electrons. The van der Waals surface area contributed by atoms with Crippen LogP contribution in [0.5, 0.6) is 5.75 Å². The minimum absolute atomic E-state index is 0.631. The van der Waals surface area contributed by atoms with Crippen molar-refractivity contribution in [3.8, 4) is 5.75 Å². The zero-order chi connectivity index (χ0) is 17.6. The van der Waals surface area contributed by atoms with E-state index in [-0.39, 0.29) is 0 Å². The number of hydrogen-bond acceptors (Lipinski definition) is 6. The number of benzene rings is 2. The number of anilines is 2. The summed E-state index contributed by atoms with van der Waals surface area (Å²) in [7, 11) is 0. The third kappa shape index (κ3) is 5.45. The van der Waals surface area contributed by atoms with E-state index in [9.17, 15) is 0 Å². The highest BCUT2D eigenvalue weighted by atomic mass is 79.9. The molecular weight excluding hydrogens is 418 g/mol. The van der Waals surface area contributed by atoms with Gasteiger partial charge in [-0.05, 0) is 61.4 Å². The molecule has 3 aromatic rings. The molecule has 0 saturated heterocycles. The molecule has 2 aromatic carbocycles. The Morgan fingerprint density at radius 3 is 2.64 bits per heavy atom. The van der Waals surface area contributed by atoms with Crippen LogP contribution < -0.4 is 10.1 Å². The first-order valence-corrected chi connectivity index (χ1v) is 10.4. The summed E-state index contributed by atoms with van der Waals surface area (Å²) in [6.45, 7) is 4.84. The number of aromatic nitrogens is 2. The molecule has 0 radical (unpaired) electrons. The van der Waals surface area contributed by atoms with Crippen LogP contribution in [0.4, 0.5) is 10.8 Å². The van der Waals surface area contributed by atoms with Crippen molar-refractivity contribution in [3.63, 3.8) is 0 Å². The average Bonchev–Trinajstić information content (AvgIpc) is 3.04.